The second kappa shape index (κ2) is 5.18. The Morgan fingerprint density at radius 2 is 2.16 bits per heavy atom. The van der Waals surface area contributed by atoms with E-state index in [9.17, 15) is 14.4 Å². The van der Waals surface area contributed by atoms with Crippen LogP contribution in [0.2, 0.25) is 0 Å². The lowest BCUT2D eigenvalue weighted by atomic mass is 10.5. The van der Waals surface area contributed by atoms with Crippen molar-refractivity contribution in [2.75, 3.05) is 16.0 Å². The molecule has 0 unspecified atom stereocenters. The molecule has 9 nitrogen and oxygen atoms in total. The Morgan fingerprint density at radius 1 is 1.42 bits per heavy atom. The summed E-state index contributed by atoms with van der Waals surface area (Å²) in [6.07, 6.45) is 0. The average molecular weight is 283 g/mol. The predicted octanol–water partition coefficient (Wildman–Crippen LogP) is 0.0103. The molecule has 0 saturated carbocycles. The van der Waals surface area contributed by atoms with Gasteiger partial charge in [-0.25, -0.2) is 9.53 Å². The molecule has 1 aromatic rings. The van der Waals surface area contributed by atoms with Crippen LogP contribution in [0.15, 0.2) is 9.62 Å². The highest BCUT2D eigenvalue weighted by Crippen LogP contribution is 2.29. The van der Waals surface area contributed by atoms with Crippen LogP contribution in [0.3, 0.4) is 0 Å². The molecule has 0 spiro atoms. The first kappa shape index (κ1) is 13.2. The Labute approximate surface area is 111 Å². The predicted molar refractivity (Wildman–Crippen MR) is 66.7 cm³/mol. The van der Waals surface area contributed by atoms with Gasteiger partial charge in [0, 0.05) is 13.8 Å². The number of nitrogens with zero attached hydrogens (tertiary/aromatic N) is 4. The van der Waals surface area contributed by atoms with Crippen molar-refractivity contribution in [1.82, 2.24) is 10.3 Å². The van der Waals surface area contributed by atoms with Crippen LogP contribution in [0.4, 0.5) is 11.6 Å². The van der Waals surface area contributed by atoms with E-state index in [1.54, 1.807) is 0 Å². The first-order chi connectivity index (χ1) is 8.99. The van der Waals surface area contributed by atoms with Gasteiger partial charge in [-0.3, -0.25) is 14.4 Å². The van der Waals surface area contributed by atoms with E-state index in [4.69, 9.17) is 0 Å². The van der Waals surface area contributed by atoms with Gasteiger partial charge in [-0.05, 0) is 10.3 Å². The zero-order valence-electron chi connectivity index (χ0n) is 10.0. The maximum absolute atomic E-state index is 11.8. The molecule has 2 heterocycles. The number of anilines is 2. The van der Waals surface area contributed by atoms with Crippen molar-refractivity contribution in [3.8, 4) is 0 Å². The summed E-state index contributed by atoms with van der Waals surface area (Å²) in [5.41, 5.74) is 0. The van der Waals surface area contributed by atoms with Crippen molar-refractivity contribution < 1.29 is 19.0 Å². The molecule has 1 N–H and O–H groups in total. The summed E-state index contributed by atoms with van der Waals surface area (Å²) in [5, 5.41) is 9.60. The first-order valence-corrected chi connectivity index (χ1v) is 6.12. The lowest BCUT2D eigenvalue weighted by molar-refractivity contribution is -0.116. The summed E-state index contributed by atoms with van der Waals surface area (Å²) in [6.45, 7) is 2.55. The Morgan fingerprint density at radius 3 is 2.79 bits per heavy atom. The summed E-state index contributed by atoms with van der Waals surface area (Å²) in [5.74, 6) is -1.03. The molecule has 1 aromatic heterocycles. The van der Waals surface area contributed by atoms with Gasteiger partial charge in [-0.15, -0.1) is 0 Å². The zero-order valence-corrected chi connectivity index (χ0v) is 10.9. The Bertz CT molecular complexity index is 581. The molecule has 10 heteroatoms. The first-order valence-electron chi connectivity index (χ1n) is 5.14. The molecular weight excluding hydrogens is 274 g/mol. The minimum absolute atomic E-state index is 0.000368. The molecule has 1 aliphatic heterocycles. The number of carbonyl (C=O) groups is 3. The number of nitrogens with one attached hydrogen (secondary N) is 1. The smallest absolute Gasteiger partial charge is 0.245 e. The maximum atomic E-state index is 11.8. The second-order valence-corrected chi connectivity index (χ2v) is 4.49. The van der Waals surface area contributed by atoms with E-state index in [0.717, 1.165) is 16.7 Å². The van der Waals surface area contributed by atoms with E-state index < -0.39 is 5.91 Å². The van der Waals surface area contributed by atoms with Crippen LogP contribution in [0.5, 0.6) is 0 Å². The minimum Gasteiger partial charge on any atom is -0.305 e. The average Bonchev–Trinajstić information content (AvgIpc) is 2.85. The van der Waals surface area contributed by atoms with Crippen molar-refractivity contribution in [2.45, 2.75) is 13.8 Å². The molecule has 1 saturated heterocycles. The third kappa shape index (κ3) is 2.78. The number of hydrogen-bond acceptors (Lipinski definition) is 7. The van der Waals surface area contributed by atoms with Gasteiger partial charge in [0.25, 0.3) is 0 Å². The fraction of sp³-hybridized carbons (Fsp3) is 0.333. The summed E-state index contributed by atoms with van der Waals surface area (Å²) in [6, 6.07) is 0. The molecule has 2 rings (SSSR count). The van der Waals surface area contributed by atoms with E-state index in [-0.39, 0.29) is 34.4 Å². The molecule has 1 aliphatic rings. The van der Waals surface area contributed by atoms with Crippen LogP contribution in [-0.2, 0) is 14.4 Å². The summed E-state index contributed by atoms with van der Waals surface area (Å²) in [4.78, 5) is 38.6. The van der Waals surface area contributed by atoms with E-state index in [1.807, 2.05) is 0 Å². The molecule has 100 valence electrons. The van der Waals surface area contributed by atoms with E-state index in [1.165, 1.54) is 13.8 Å². The number of aromatic nitrogens is 2. The van der Waals surface area contributed by atoms with Crippen LogP contribution in [-0.4, -0.2) is 39.0 Å². The molecular formula is C9H9N5O4S. The van der Waals surface area contributed by atoms with E-state index >= 15 is 0 Å². The van der Waals surface area contributed by atoms with Gasteiger partial charge in [-0.1, -0.05) is 11.8 Å². The number of amidine groups is 1. The van der Waals surface area contributed by atoms with Gasteiger partial charge in [0.2, 0.25) is 29.4 Å². The third-order valence-electron chi connectivity index (χ3n) is 2.00. The van der Waals surface area contributed by atoms with Crippen molar-refractivity contribution in [3.63, 3.8) is 0 Å². The quantitative estimate of drug-likeness (QED) is 0.812. The molecule has 0 atom stereocenters. The highest BCUT2D eigenvalue weighted by atomic mass is 32.2. The lowest BCUT2D eigenvalue weighted by Gasteiger charge is -2.12. The Kier molecular flexibility index (Phi) is 3.60. The van der Waals surface area contributed by atoms with Crippen LogP contribution in [0.25, 0.3) is 0 Å². The summed E-state index contributed by atoms with van der Waals surface area (Å²) in [7, 11) is 0. The zero-order chi connectivity index (χ0) is 14.0. The van der Waals surface area contributed by atoms with Gasteiger partial charge in [0.1, 0.15) is 0 Å². The van der Waals surface area contributed by atoms with Crippen LogP contribution < -0.4 is 10.2 Å². The normalized spacial score (nSPS) is 17.1. The van der Waals surface area contributed by atoms with Crippen molar-refractivity contribution in [1.29, 1.82) is 0 Å². The highest BCUT2D eigenvalue weighted by Gasteiger charge is 2.35. The number of aliphatic imine (C=N–C) groups is 1. The fourth-order valence-electron chi connectivity index (χ4n) is 1.36. The van der Waals surface area contributed by atoms with Crippen molar-refractivity contribution in [3.05, 3.63) is 0 Å². The summed E-state index contributed by atoms with van der Waals surface area (Å²) >= 11 is 1.10. The number of carbonyl (C=O) groups excluding carboxylic acids is 3. The number of amides is 3. The monoisotopic (exact) mass is 283 g/mol. The van der Waals surface area contributed by atoms with Gasteiger partial charge >= 0.3 is 0 Å². The van der Waals surface area contributed by atoms with Crippen LogP contribution in [0, 0.1) is 0 Å². The molecule has 1 fully saturated rings. The third-order valence-corrected chi connectivity index (χ3v) is 2.92. The van der Waals surface area contributed by atoms with Gasteiger partial charge in [-0.2, -0.15) is 4.99 Å². The molecule has 0 aromatic carbocycles. The molecule has 0 aliphatic carbocycles. The second-order valence-electron chi connectivity index (χ2n) is 3.55. The van der Waals surface area contributed by atoms with Crippen LogP contribution in [0.1, 0.15) is 13.8 Å². The number of hydrogen-bond donors (Lipinski definition) is 1. The Hall–Kier alpha value is -2.23. The summed E-state index contributed by atoms with van der Waals surface area (Å²) < 4.78 is 4.50. The lowest BCUT2D eigenvalue weighted by Crippen LogP contribution is -2.31. The minimum atomic E-state index is -0.445. The standard InChI is InChI=1S/C9H9N5O4S/c1-4(15)10-7-8(13-18-12-7)14-6(17)3-19-9(14)11-5(2)16/h3H2,1-2H3,(H,10,12,15). The SMILES string of the molecule is CC(=O)N=C1SCC(=O)N1c1nonc1NC(C)=O. The molecule has 3 amide bonds. The van der Waals surface area contributed by atoms with Gasteiger partial charge in [0.15, 0.2) is 5.17 Å². The highest BCUT2D eigenvalue weighted by molar-refractivity contribution is 8.15. The fourth-order valence-corrected chi connectivity index (χ4v) is 2.26. The molecule has 0 bridgehead atoms. The molecule has 19 heavy (non-hydrogen) atoms. The van der Waals surface area contributed by atoms with Gasteiger partial charge in [0.05, 0.1) is 5.75 Å². The van der Waals surface area contributed by atoms with Gasteiger partial charge < -0.3 is 5.32 Å². The number of thioether (sulfide) groups is 1. The number of rotatable bonds is 2. The van der Waals surface area contributed by atoms with E-state index in [0.29, 0.717) is 0 Å². The Balaban J connectivity index is 2.38. The van der Waals surface area contributed by atoms with E-state index in [2.05, 4.69) is 25.3 Å². The van der Waals surface area contributed by atoms with Crippen molar-refractivity contribution >= 4 is 46.3 Å². The molecule has 0 radical (unpaired) electrons. The maximum Gasteiger partial charge on any atom is 0.245 e. The largest absolute Gasteiger partial charge is 0.305 e. The van der Waals surface area contributed by atoms with Crippen LogP contribution >= 0.6 is 11.8 Å². The topological polar surface area (TPSA) is 118 Å². The van der Waals surface area contributed by atoms with Crippen molar-refractivity contribution in [2.24, 2.45) is 4.99 Å².